The minimum Gasteiger partial charge on any atom is -0.374 e. The van der Waals surface area contributed by atoms with Gasteiger partial charge in [0.05, 0.1) is 24.0 Å². The molecule has 6 nitrogen and oxygen atoms in total. The molecule has 112 valence electrons. The van der Waals surface area contributed by atoms with Crippen LogP contribution in [-0.2, 0) is 11.8 Å². The molecule has 2 rings (SSSR count). The SMILES string of the molecule is CC(C)c1nn(C)c(Cl)c1C(=O)NCC1CNCCO1. The number of hydrogen-bond donors (Lipinski definition) is 2. The van der Waals surface area contributed by atoms with Crippen LogP contribution in [0.15, 0.2) is 0 Å². The molecule has 1 aliphatic rings. The first-order chi connectivity index (χ1) is 9.50. The number of halogens is 1. The van der Waals surface area contributed by atoms with Crippen LogP contribution in [0.4, 0.5) is 0 Å². The first kappa shape index (κ1) is 15.3. The van der Waals surface area contributed by atoms with Crippen molar-refractivity contribution in [2.24, 2.45) is 7.05 Å². The van der Waals surface area contributed by atoms with Crippen LogP contribution in [0.2, 0.25) is 5.15 Å². The maximum absolute atomic E-state index is 12.3. The summed E-state index contributed by atoms with van der Waals surface area (Å²) >= 11 is 6.17. The Bertz CT molecular complexity index is 481. The van der Waals surface area contributed by atoms with Gasteiger partial charge in [-0.25, -0.2) is 0 Å². The highest BCUT2D eigenvalue weighted by atomic mass is 35.5. The third-order valence-corrected chi connectivity index (χ3v) is 3.71. The second-order valence-electron chi connectivity index (χ2n) is 5.24. The van der Waals surface area contributed by atoms with Crippen molar-refractivity contribution in [2.45, 2.75) is 25.9 Å². The molecule has 0 spiro atoms. The Hall–Kier alpha value is -1.11. The Morgan fingerprint density at radius 3 is 3.00 bits per heavy atom. The summed E-state index contributed by atoms with van der Waals surface area (Å²) in [6.45, 7) is 6.72. The van der Waals surface area contributed by atoms with Gasteiger partial charge in [0.25, 0.3) is 5.91 Å². The number of morpholine rings is 1. The summed E-state index contributed by atoms with van der Waals surface area (Å²) in [6.07, 6.45) is 0.00523. The normalized spacial score (nSPS) is 19.4. The largest absolute Gasteiger partial charge is 0.374 e. The van der Waals surface area contributed by atoms with Crippen LogP contribution >= 0.6 is 11.6 Å². The number of aryl methyl sites for hydroxylation is 1. The van der Waals surface area contributed by atoms with Gasteiger partial charge in [-0.15, -0.1) is 0 Å². The molecular formula is C13H21ClN4O2. The first-order valence-electron chi connectivity index (χ1n) is 6.83. The van der Waals surface area contributed by atoms with Crippen molar-refractivity contribution >= 4 is 17.5 Å². The van der Waals surface area contributed by atoms with Crippen molar-refractivity contribution in [1.82, 2.24) is 20.4 Å². The average molecular weight is 301 g/mol. The lowest BCUT2D eigenvalue weighted by molar-refractivity contribution is 0.0287. The summed E-state index contributed by atoms with van der Waals surface area (Å²) < 4.78 is 7.08. The minimum atomic E-state index is -0.194. The number of nitrogens with one attached hydrogen (secondary N) is 2. The quantitative estimate of drug-likeness (QED) is 0.867. The van der Waals surface area contributed by atoms with Crippen LogP contribution in [0, 0.1) is 0 Å². The van der Waals surface area contributed by atoms with Gasteiger partial charge < -0.3 is 15.4 Å². The number of aromatic nitrogens is 2. The number of hydrogen-bond acceptors (Lipinski definition) is 4. The van der Waals surface area contributed by atoms with Gasteiger partial charge in [0.2, 0.25) is 0 Å². The fourth-order valence-corrected chi connectivity index (χ4v) is 2.40. The summed E-state index contributed by atoms with van der Waals surface area (Å²) in [4.78, 5) is 12.3. The second kappa shape index (κ2) is 6.56. The van der Waals surface area contributed by atoms with E-state index in [1.54, 1.807) is 7.05 Å². The molecule has 1 fully saturated rings. The molecule has 0 radical (unpaired) electrons. The Balaban J connectivity index is 2.04. The van der Waals surface area contributed by atoms with Crippen LogP contribution in [0.1, 0.15) is 35.8 Å². The van der Waals surface area contributed by atoms with Gasteiger partial charge in [0.1, 0.15) is 5.15 Å². The van der Waals surface area contributed by atoms with E-state index in [4.69, 9.17) is 16.3 Å². The molecule has 1 amide bonds. The van der Waals surface area contributed by atoms with E-state index in [0.717, 1.165) is 18.8 Å². The molecule has 1 saturated heterocycles. The summed E-state index contributed by atoms with van der Waals surface area (Å²) in [5.74, 6) is -0.0528. The molecular weight excluding hydrogens is 280 g/mol. The Kier molecular flexibility index (Phi) is 5.01. The summed E-state index contributed by atoms with van der Waals surface area (Å²) in [5, 5.41) is 10.8. The number of rotatable bonds is 4. The van der Waals surface area contributed by atoms with Crippen molar-refractivity contribution in [3.63, 3.8) is 0 Å². The standard InChI is InChI=1S/C13H21ClN4O2/c1-8(2)11-10(12(14)18(3)17-11)13(19)16-7-9-6-15-4-5-20-9/h8-9,15H,4-7H2,1-3H3,(H,16,19). The van der Waals surface area contributed by atoms with Crippen molar-refractivity contribution in [3.05, 3.63) is 16.4 Å². The van der Waals surface area contributed by atoms with Crippen molar-refractivity contribution in [2.75, 3.05) is 26.2 Å². The third kappa shape index (κ3) is 3.31. The van der Waals surface area contributed by atoms with E-state index in [-0.39, 0.29) is 17.9 Å². The third-order valence-electron chi connectivity index (χ3n) is 3.27. The fraction of sp³-hybridized carbons (Fsp3) is 0.692. The molecule has 7 heteroatoms. The van der Waals surface area contributed by atoms with Crippen molar-refractivity contribution < 1.29 is 9.53 Å². The van der Waals surface area contributed by atoms with Gasteiger partial charge in [-0.05, 0) is 5.92 Å². The highest BCUT2D eigenvalue weighted by molar-refractivity contribution is 6.33. The lowest BCUT2D eigenvalue weighted by atomic mass is 10.1. The summed E-state index contributed by atoms with van der Waals surface area (Å²) in [7, 11) is 1.74. The lowest BCUT2D eigenvalue weighted by Crippen LogP contribution is -2.45. The molecule has 1 aromatic rings. The summed E-state index contributed by atoms with van der Waals surface area (Å²) in [6, 6.07) is 0. The van der Waals surface area contributed by atoms with Gasteiger partial charge in [-0.3, -0.25) is 9.48 Å². The molecule has 1 atom stereocenters. The van der Waals surface area contributed by atoms with Crippen LogP contribution in [0.5, 0.6) is 0 Å². The van der Waals surface area contributed by atoms with Gasteiger partial charge in [0, 0.05) is 26.7 Å². The summed E-state index contributed by atoms with van der Waals surface area (Å²) in [5.41, 5.74) is 1.19. The van der Waals surface area contributed by atoms with Crippen LogP contribution in [-0.4, -0.2) is 48.0 Å². The minimum absolute atomic E-state index is 0.00523. The molecule has 1 unspecified atom stereocenters. The molecule has 0 saturated carbocycles. The predicted octanol–water partition coefficient (Wildman–Crippen LogP) is 0.915. The van der Waals surface area contributed by atoms with Crippen molar-refractivity contribution in [3.8, 4) is 0 Å². The number of ether oxygens (including phenoxy) is 1. The smallest absolute Gasteiger partial charge is 0.256 e. The van der Waals surface area contributed by atoms with E-state index in [2.05, 4.69) is 15.7 Å². The van der Waals surface area contributed by atoms with Gasteiger partial charge in [0.15, 0.2) is 0 Å². The number of amides is 1. The van der Waals surface area contributed by atoms with Gasteiger partial charge in [-0.2, -0.15) is 5.10 Å². The predicted molar refractivity (Wildman–Crippen MR) is 77.2 cm³/mol. The zero-order chi connectivity index (χ0) is 14.7. The Morgan fingerprint density at radius 2 is 2.40 bits per heavy atom. The van der Waals surface area contributed by atoms with Crippen LogP contribution in [0.3, 0.4) is 0 Å². The van der Waals surface area contributed by atoms with Gasteiger partial charge >= 0.3 is 0 Å². The van der Waals surface area contributed by atoms with Crippen LogP contribution in [0.25, 0.3) is 0 Å². The molecule has 1 aromatic heterocycles. The van der Waals surface area contributed by atoms with E-state index in [0.29, 0.717) is 23.9 Å². The molecule has 0 aliphatic carbocycles. The highest BCUT2D eigenvalue weighted by Crippen LogP contribution is 2.25. The Labute approximate surface area is 123 Å². The number of nitrogens with zero attached hydrogens (tertiary/aromatic N) is 2. The van der Waals surface area contributed by atoms with E-state index in [9.17, 15) is 4.79 Å². The fourth-order valence-electron chi connectivity index (χ4n) is 2.18. The van der Waals surface area contributed by atoms with E-state index >= 15 is 0 Å². The van der Waals surface area contributed by atoms with E-state index in [1.807, 2.05) is 13.8 Å². The zero-order valence-corrected chi connectivity index (χ0v) is 12.8. The monoisotopic (exact) mass is 300 g/mol. The number of carbonyl (C=O) groups excluding carboxylic acids is 1. The average Bonchev–Trinajstić information content (AvgIpc) is 2.74. The molecule has 20 heavy (non-hydrogen) atoms. The molecule has 0 bridgehead atoms. The molecule has 0 aromatic carbocycles. The first-order valence-corrected chi connectivity index (χ1v) is 7.21. The maximum atomic E-state index is 12.3. The van der Waals surface area contributed by atoms with Gasteiger partial charge in [-0.1, -0.05) is 25.4 Å². The van der Waals surface area contributed by atoms with Crippen LogP contribution < -0.4 is 10.6 Å². The molecule has 2 N–H and O–H groups in total. The van der Waals surface area contributed by atoms with E-state index < -0.39 is 0 Å². The second-order valence-corrected chi connectivity index (χ2v) is 5.59. The molecule has 1 aliphatic heterocycles. The maximum Gasteiger partial charge on any atom is 0.256 e. The number of carbonyl (C=O) groups is 1. The lowest BCUT2D eigenvalue weighted by Gasteiger charge is -2.23. The topological polar surface area (TPSA) is 68.2 Å². The highest BCUT2D eigenvalue weighted by Gasteiger charge is 2.24. The Morgan fingerprint density at radius 1 is 1.65 bits per heavy atom. The zero-order valence-electron chi connectivity index (χ0n) is 12.1. The van der Waals surface area contributed by atoms with Crippen molar-refractivity contribution in [1.29, 1.82) is 0 Å². The van der Waals surface area contributed by atoms with E-state index in [1.165, 1.54) is 4.68 Å². The molecule has 2 heterocycles.